The molecule has 6 rings (SSSR count). The van der Waals surface area contributed by atoms with Gasteiger partial charge in [-0.15, -0.1) is 11.3 Å². The molecule has 38 heavy (non-hydrogen) atoms. The first kappa shape index (κ1) is 25.3. The Kier molecular flexibility index (Phi) is 7.86. The van der Waals surface area contributed by atoms with E-state index in [1.807, 2.05) is 29.8 Å². The van der Waals surface area contributed by atoms with E-state index in [2.05, 4.69) is 46.2 Å². The van der Waals surface area contributed by atoms with Crippen molar-refractivity contribution in [3.05, 3.63) is 71.8 Å². The predicted octanol–water partition coefficient (Wildman–Crippen LogP) is 6.03. The lowest BCUT2D eigenvalue weighted by Crippen LogP contribution is -2.25. The fourth-order valence-electron chi connectivity index (χ4n) is 5.57. The van der Waals surface area contributed by atoms with Gasteiger partial charge in [0.2, 0.25) is 0 Å². The average molecular weight is 529 g/mol. The third-order valence-corrected chi connectivity index (χ3v) is 8.94. The van der Waals surface area contributed by atoms with Crippen molar-refractivity contribution in [2.45, 2.75) is 38.6 Å². The second kappa shape index (κ2) is 11.8. The van der Waals surface area contributed by atoms with Gasteiger partial charge in [-0.1, -0.05) is 0 Å². The van der Waals surface area contributed by atoms with Crippen LogP contribution in [0.3, 0.4) is 0 Å². The summed E-state index contributed by atoms with van der Waals surface area (Å²) in [6.07, 6.45) is 9.86. The highest BCUT2D eigenvalue weighted by Crippen LogP contribution is 2.41. The summed E-state index contributed by atoms with van der Waals surface area (Å²) >= 11 is 1.81. The van der Waals surface area contributed by atoms with Crippen LogP contribution in [-0.4, -0.2) is 66.2 Å². The van der Waals surface area contributed by atoms with Crippen molar-refractivity contribution in [1.82, 2.24) is 19.8 Å². The SMILES string of the molecule is COc1ccc2c(Cc3cnc(CN4CCCC4)cn3)c(-c3ccc(OCCN4CCCC4)cc3)sc2c1. The molecule has 0 amide bonds. The molecule has 2 saturated heterocycles. The lowest BCUT2D eigenvalue weighted by atomic mass is 10.0. The van der Waals surface area contributed by atoms with Crippen LogP contribution in [0.2, 0.25) is 0 Å². The minimum absolute atomic E-state index is 0.736. The molecule has 0 atom stereocenters. The molecule has 198 valence electrons. The number of nitrogens with zero attached hydrogens (tertiary/aromatic N) is 4. The number of likely N-dealkylation sites (tertiary alicyclic amines) is 2. The van der Waals surface area contributed by atoms with Gasteiger partial charge in [-0.2, -0.15) is 0 Å². The second-order valence-corrected chi connectivity index (χ2v) is 11.4. The molecule has 4 aromatic rings. The minimum atomic E-state index is 0.736. The standard InChI is InChI=1S/C31H36N4O2S/c1-36-27-10-11-28-29(18-24-20-33-25(21-32-24)22-35-14-4-5-15-35)31(38-30(28)19-27)23-6-8-26(9-7-23)37-17-16-34-12-2-3-13-34/h6-11,19-21H,2-5,12-18,22H2,1H3. The lowest BCUT2D eigenvalue weighted by Gasteiger charge is -2.15. The van der Waals surface area contributed by atoms with Crippen LogP contribution in [0.5, 0.6) is 11.5 Å². The van der Waals surface area contributed by atoms with Gasteiger partial charge in [-0.3, -0.25) is 19.8 Å². The Hall–Kier alpha value is -3.00. The molecule has 0 unspecified atom stereocenters. The second-order valence-electron chi connectivity index (χ2n) is 10.4. The molecule has 0 N–H and O–H groups in total. The van der Waals surface area contributed by atoms with E-state index in [1.165, 1.54) is 78.0 Å². The number of methoxy groups -OCH3 is 1. The third-order valence-electron chi connectivity index (χ3n) is 7.69. The number of fused-ring (bicyclic) bond motifs is 1. The predicted molar refractivity (Wildman–Crippen MR) is 154 cm³/mol. The minimum Gasteiger partial charge on any atom is -0.497 e. The first-order valence-electron chi connectivity index (χ1n) is 13.8. The van der Waals surface area contributed by atoms with Gasteiger partial charge in [0, 0.05) is 35.3 Å². The quantitative estimate of drug-likeness (QED) is 0.251. The molecule has 2 aromatic carbocycles. The summed E-state index contributed by atoms with van der Waals surface area (Å²) < 4.78 is 12.8. The summed E-state index contributed by atoms with van der Waals surface area (Å²) in [5.41, 5.74) is 4.53. The number of aromatic nitrogens is 2. The van der Waals surface area contributed by atoms with E-state index in [0.29, 0.717) is 0 Å². The Morgan fingerprint density at radius 3 is 2.21 bits per heavy atom. The van der Waals surface area contributed by atoms with E-state index in [0.717, 1.165) is 49.0 Å². The van der Waals surface area contributed by atoms with Gasteiger partial charge in [-0.25, -0.2) is 0 Å². The Balaban J connectivity index is 1.22. The summed E-state index contributed by atoms with van der Waals surface area (Å²) in [5, 5.41) is 1.25. The van der Waals surface area contributed by atoms with Crippen molar-refractivity contribution in [2.24, 2.45) is 0 Å². The van der Waals surface area contributed by atoms with Crippen molar-refractivity contribution in [2.75, 3.05) is 46.4 Å². The molecular formula is C31H36N4O2S. The first-order chi connectivity index (χ1) is 18.7. The van der Waals surface area contributed by atoms with Gasteiger partial charge in [-0.05, 0) is 111 Å². The Bertz CT molecular complexity index is 1340. The van der Waals surface area contributed by atoms with Crippen molar-refractivity contribution in [3.8, 4) is 21.9 Å². The highest BCUT2D eigenvalue weighted by Gasteiger charge is 2.17. The number of ether oxygens (including phenoxy) is 2. The zero-order valence-electron chi connectivity index (χ0n) is 22.2. The molecule has 0 spiro atoms. The van der Waals surface area contributed by atoms with Gasteiger partial charge >= 0.3 is 0 Å². The number of rotatable bonds is 10. The molecule has 0 bridgehead atoms. The molecule has 2 aliphatic heterocycles. The van der Waals surface area contributed by atoms with E-state index in [1.54, 1.807) is 7.11 Å². The molecule has 4 heterocycles. The van der Waals surface area contributed by atoms with Crippen LogP contribution in [-0.2, 0) is 13.0 Å². The van der Waals surface area contributed by atoms with Gasteiger partial charge in [0.05, 0.1) is 24.7 Å². The van der Waals surface area contributed by atoms with Crippen LogP contribution >= 0.6 is 11.3 Å². The van der Waals surface area contributed by atoms with Crippen LogP contribution in [0.1, 0.15) is 42.6 Å². The molecule has 6 nitrogen and oxygen atoms in total. The number of benzene rings is 2. The van der Waals surface area contributed by atoms with Gasteiger partial charge in [0.15, 0.2) is 0 Å². The summed E-state index contributed by atoms with van der Waals surface area (Å²) in [7, 11) is 1.72. The smallest absolute Gasteiger partial charge is 0.120 e. The molecule has 2 aromatic heterocycles. The summed E-state index contributed by atoms with van der Waals surface area (Å²) in [5.74, 6) is 1.81. The van der Waals surface area contributed by atoms with E-state index in [9.17, 15) is 0 Å². The molecule has 0 aliphatic carbocycles. The van der Waals surface area contributed by atoms with Crippen LogP contribution < -0.4 is 9.47 Å². The van der Waals surface area contributed by atoms with Gasteiger partial charge in [0.25, 0.3) is 0 Å². The maximum Gasteiger partial charge on any atom is 0.120 e. The average Bonchev–Trinajstić information content (AvgIpc) is 3.72. The van der Waals surface area contributed by atoms with Gasteiger partial charge < -0.3 is 9.47 Å². The number of thiophene rings is 1. The maximum absolute atomic E-state index is 6.06. The van der Waals surface area contributed by atoms with Crippen molar-refractivity contribution in [1.29, 1.82) is 0 Å². The Labute approximate surface area is 229 Å². The number of hydrogen-bond acceptors (Lipinski definition) is 7. The first-order valence-corrected chi connectivity index (χ1v) is 14.6. The largest absolute Gasteiger partial charge is 0.497 e. The maximum atomic E-state index is 6.06. The molecule has 2 fully saturated rings. The van der Waals surface area contributed by atoms with E-state index >= 15 is 0 Å². The Morgan fingerprint density at radius 1 is 0.816 bits per heavy atom. The third kappa shape index (κ3) is 5.85. The topological polar surface area (TPSA) is 50.7 Å². The highest BCUT2D eigenvalue weighted by molar-refractivity contribution is 7.22. The Morgan fingerprint density at radius 2 is 1.50 bits per heavy atom. The van der Waals surface area contributed by atoms with Crippen LogP contribution in [0.25, 0.3) is 20.5 Å². The fourth-order valence-corrected chi connectivity index (χ4v) is 6.83. The van der Waals surface area contributed by atoms with E-state index in [-0.39, 0.29) is 0 Å². The summed E-state index contributed by atoms with van der Waals surface area (Å²) in [6.45, 7) is 7.37. The van der Waals surface area contributed by atoms with E-state index < -0.39 is 0 Å². The summed E-state index contributed by atoms with van der Waals surface area (Å²) in [6, 6.07) is 14.9. The monoisotopic (exact) mass is 528 g/mol. The normalized spacial score (nSPS) is 16.4. The molecule has 0 radical (unpaired) electrons. The molecule has 0 saturated carbocycles. The summed E-state index contributed by atoms with van der Waals surface area (Å²) in [4.78, 5) is 15.8. The van der Waals surface area contributed by atoms with Crippen LogP contribution in [0.4, 0.5) is 0 Å². The van der Waals surface area contributed by atoms with Crippen molar-refractivity contribution in [3.63, 3.8) is 0 Å². The van der Waals surface area contributed by atoms with Gasteiger partial charge in [0.1, 0.15) is 18.1 Å². The fraction of sp³-hybridized carbons (Fsp3) is 0.419. The zero-order valence-corrected chi connectivity index (χ0v) is 23.0. The number of hydrogen-bond donors (Lipinski definition) is 0. The van der Waals surface area contributed by atoms with Crippen LogP contribution in [0.15, 0.2) is 54.9 Å². The zero-order chi connectivity index (χ0) is 25.7. The molecule has 2 aliphatic rings. The lowest BCUT2D eigenvalue weighted by molar-refractivity contribution is 0.238. The van der Waals surface area contributed by atoms with Crippen molar-refractivity contribution < 1.29 is 9.47 Å². The molecular weight excluding hydrogens is 492 g/mol. The molecule has 7 heteroatoms. The van der Waals surface area contributed by atoms with Crippen molar-refractivity contribution >= 4 is 21.4 Å². The highest BCUT2D eigenvalue weighted by atomic mass is 32.1. The van der Waals surface area contributed by atoms with Crippen LogP contribution in [0, 0.1) is 0 Å². The van der Waals surface area contributed by atoms with E-state index in [4.69, 9.17) is 19.4 Å².